The fourth-order valence-electron chi connectivity index (χ4n) is 10.5. The Morgan fingerprint density at radius 3 is 1.53 bits per heavy atom. The number of fused-ring (bicyclic) bond motifs is 4. The van der Waals surface area contributed by atoms with Gasteiger partial charge in [-0.25, -0.2) is 29.9 Å². The average molecular weight is 1400 g/mol. The Morgan fingerprint density at radius 1 is 0.625 bits per heavy atom. The van der Waals surface area contributed by atoms with Crippen LogP contribution in [-0.2, 0) is 54.6 Å². The molecule has 6 atom stereocenters. The van der Waals surface area contributed by atoms with E-state index >= 15 is 0 Å². The minimum Gasteiger partial charge on any atom is -0.480 e. The number of ketones is 2. The Bertz CT molecular complexity index is 3910. The number of carbonyl (C=O) groups excluding carboxylic acids is 5. The second-order valence-corrected chi connectivity index (χ2v) is 23.1. The molecule has 14 rings (SSSR count). The van der Waals surface area contributed by atoms with Gasteiger partial charge in [0, 0.05) is 107 Å². The topological polar surface area (TPSA) is 325 Å². The molecular formula is C57H61Br2ClN18O7S3. The molecular weight excluding hydrogens is 1340 g/mol. The van der Waals surface area contributed by atoms with Crippen LogP contribution < -0.4 is 26.6 Å². The number of likely N-dealkylation sites (tertiary alicyclic amines) is 1. The molecule has 6 N–H and O–H groups in total. The molecule has 8 heterocycles. The molecule has 88 heavy (non-hydrogen) atoms. The first kappa shape index (κ1) is 66.5. The zero-order valence-corrected chi connectivity index (χ0v) is 53.1. The molecule has 6 aromatic heterocycles. The lowest BCUT2D eigenvalue weighted by molar-refractivity contribution is -0.138. The number of hydrogen-bond donors (Lipinski definition) is 6. The van der Waals surface area contributed by atoms with Gasteiger partial charge in [-0.1, -0.05) is 19.6 Å². The van der Waals surface area contributed by atoms with Crippen molar-refractivity contribution in [1.82, 2.24) is 69.6 Å². The van der Waals surface area contributed by atoms with E-state index in [1.54, 1.807) is 52.8 Å². The van der Waals surface area contributed by atoms with Gasteiger partial charge in [0.2, 0.25) is 29.6 Å². The number of benzene rings is 2. The van der Waals surface area contributed by atoms with Gasteiger partial charge in [-0.3, -0.25) is 48.1 Å². The highest BCUT2D eigenvalue weighted by molar-refractivity contribution is 9.10. The third kappa shape index (κ3) is 15.9. The number of aromatic nitrogens is 12. The molecule has 0 radical (unpaired) electrons. The number of nitrogens with one attached hydrogen (secondary N) is 5. The normalized spacial score (nSPS) is 19.5. The summed E-state index contributed by atoms with van der Waals surface area (Å²) >= 11 is 13.8. The summed E-state index contributed by atoms with van der Waals surface area (Å²) in [6.07, 6.45) is 21.3. The van der Waals surface area contributed by atoms with Crippen LogP contribution >= 0.6 is 57.8 Å². The van der Waals surface area contributed by atoms with Crippen molar-refractivity contribution in [2.75, 3.05) is 21.3 Å². The Kier molecular flexibility index (Phi) is 21.7. The number of piperidine rings is 2. The monoisotopic (exact) mass is 1400 g/mol. The van der Waals surface area contributed by atoms with E-state index in [4.69, 9.17) is 5.11 Å². The number of aliphatic carboxylic acids is 1. The minimum absolute atomic E-state index is 0. The maximum absolute atomic E-state index is 13.6. The van der Waals surface area contributed by atoms with E-state index in [0.29, 0.717) is 90.9 Å². The van der Waals surface area contributed by atoms with Gasteiger partial charge in [0.05, 0.1) is 41.9 Å². The minimum atomic E-state index is -1.01. The van der Waals surface area contributed by atoms with Crippen LogP contribution in [0.2, 0.25) is 0 Å². The summed E-state index contributed by atoms with van der Waals surface area (Å²) in [4.78, 5) is 110. The van der Waals surface area contributed by atoms with Gasteiger partial charge >= 0.3 is 5.97 Å². The lowest BCUT2D eigenvalue weighted by atomic mass is 10.0. The number of amides is 3. The lowest BCUT2D eigenvalue weighted by Gasteiger charge is -2.26. The number of carbonyl (C=O) groups is 6. The molecule has 6 aliphatic rings. The molecule has 0 unspecified atom stereocenters. The van der Waals surface area contributed by atoms with Gasteiger partial charge in [0.1, 0.15) is 39.7 Å². The fourth-order valence-corrected chi connectivity index (χ4v) is 11.2. The average Bonchev–Trinajstić information content (AvgIpc) is 1.74. The number of anilines is 4. The van der Waals surface area contributed by atoms with Gasteiger partial charge in [-0.05, 0) is 130 Å². The van der Waals surface area contributed by atoms with Crippen LogP contribution in [-0.4, -0.2) is 141 Å². The molecule has 25 nitrogen and oxygen atoms in total. The number of carboxylic acid groups (broad SMARTS) is 1. The number of Topliss-reactive ketones (excluding diaryl/α,β-unsaturated/α-hetero) is 2. The van der Waals surface area contributed by atoms with Gasteiger partial charge in [-0.2, -0.15) is 23.7 Å². The largest absolute Gasteiger partial charge is 0.480 e. The molecule has 0 spiro atoms. The molecule has 3 amide bonds. The van der Waals surface area contributed by atoms with Crippen molar-refractivity contribution in [2.45, 2.75) is 122 Å². The predicted octanol–water partition coefficient (Wildman–Crippen LogP) is 7.90. The first-order valence-electron chi connectivity index (χ1n) is 27.3. The van der Waals surface area contributed by atoms with Crippen LogP contribution in [0.4, 0.5) is 23.5 Å². The molecule has 8 aromatic rings. The van der Waals surface area contributed by atoms with Crippen molar-refractivity contribution in [3.63, 3.8) is 0 Å². The van der Waals surface area contributed by atoms with E-state index in [2.05, 4.69) is 131 Å². The molecule has 4 aliphatic carbocycles. The zero-order chi connectivity index (χ0) is 59.6. The Morgan fingerprint density at radius 2 is 1.10 bits per heavy atom. The highest BCUT2D eigenvalue weighted by Crippen LogP contribution is 2.48. The summed E-state index contributed by atoms with van der Waals surface area (Å²) < 4.78 is 4.01. The zero-order valence-electron chi connectivity index (χ0n) is 46.5. The third-order valence-corrected chi connectivity index (χ3v) is 15.9. The molecule has 4 saturated carbocycles. The van der Waals surface area contributed by atoms with Crippen molar-refractivity contribution in [2.24, 2.45) is 11.8 Å². The molecule has 2 saturated heterocycles. The SMILES string of the molecule is C.CC(=O)c1nn(CC(=O)N2[C@@H]3C[C@@H]3C[C@H]2C(=O)Nc2cncc(Br)n2)c2ccc(-c3cnc(NC4CC4)nc3)cc12.CC(=O)c1nn(CC(=O)O)c2ccc(-c3cnc(NC4CC4)nc3)cc12.Cl.O=C(Nc1cncc(Br)n1)[C@@H]1C[C@H]2C[C@H]2N1.S.S=S. The van der Waals surface area contributed by atoms with E-state index < -0.39 is 12.0 Å². The van der Waals surface area contributed by atoms with Crippen LogP contribution in [0, 0.1) is 11.8 Å². The Balaban J connectivity index is 0.000000183. The molecule has 6 fully saturated rings. The highest BCUT2D eigenvalue weighted by atomic mass is 79.9. The van der Waals surface area contributed by atoms with E-state index in [1.165, 1.54) is 37.3 Å². The van der Waals surface area contributed by atoms with Crippen molar-refractivity contribution < 1.29 is 33.9 Å². The standard InChI is InChI=1S/C28H26BrN9O3.C18H17N5O3.C10H11BrN4O.CH4.ClH.S2.H2S/c1-14(39)26-19-6-15(17-9-31-28(32-10-17)33-18-3-4-18)2-5-20(19)37(36-26)13-25(40)38-21-7-16(21)8-22(38)27(41)35-24-12-30-11-23(29)34-24;1-10(24)17-14-6-11(2-5-15(14)23(22-17)9-16(25)26)12-7-19-18(20-8-12)21-13-3-4-13;11-8-3-12-4-9(14-8)15-10(16)7-2-5-1-6(5)13-7;;;1-2;/h2,5-6,9-12,16,18,21-22H,3-4,7-8,13H2,1H3,(H,31,32,33)(H,34,35,41);2,5-8,13H,3-4,9H2,1H3,(H,25,26)(H,19,20,21);3-7,13H,1-2H2,(H,14,15,16);1H4;1H;;1H2/t16-,21-,22+;;5-,6-,7+;;;;/m1.1..../s1. The lowest BCUT2D eigenvalue weighted by Crippen LogP contribution is -2.46. The van der Waals surface area contributed by atoms with E-state index in [1.807, 2.05) is 30.3 Å². The molecule has 31 heteroatoms. The number of halogens is 3. The summed E-state index contributed by atoms with van der Waals surface area (Å²) in [7, 11) is 0. The fraction of sp³-hybridized carbons (Fsp3) is 0.368. The van der Waals surface area contributed by atoms with Crippen LogP contribution in [0.25, 0.3) is 44.1 Å². The van der Waals surface area contributed by atoms with Gasteiger partial charge < -0.3 is 36.6 Å². The number of nitrogens with zero attached hydrogens (tertiary/aromatic N) is 13. The van der Waals surface area contributed by atoms with E-state index in [0.717, 1.165) is 60.8 Å². The number of carboxylic acids is 1. The maximum Gasteiger partial charge on any atom is 0.325 e. The summed E-state index contributed by atoms with van der Waals surface area (Å²) in [5.74, 6) is 1.08. The second kappa shape index (κ2) is 28.8. The first-order valence-corrected chi connectivity index (χ1v) is 30.2. The quantitative estimate of drug-likeness (QED) is 0.0501. The Hall–Kier alpha value is -7.48. The highest BCUT2D eigenvalue weighted by Gasteiger charge is 2.56. The molecule has 2 aliphatic heterocycles. The number of rotatable bonds is 16. The van der Waals surface area contributed by atoms with Crippen molar-refractivity contribution in [3.8, 4) is 22.3 Å². The van der Waals surface area contributed by atoms with Crippen LogP contribution in [0.1, 0.15) is 93.6 Å². The Labute approximate surface area is 544 Å². The maximum atomic E-state index is 13.6. The molecule has 460 valence electrons. The van der Waals surface area contributed by atoms with Crippen LogP contribution in [0.15, 0.2) is 95.2 Å². The van der Waals surface area contributed by atoms with Gasteiger partial charge in [0.15, 0.2) is 23.2 Å². The van der Waals surface area contributed by atoms with Gasteiger partial charge in [0.25, 0.3) is 0 Å². The number of hydrogen-bond acceptors (Lipinski definition) is 21. The van der Waals surface area contributed by atoms with Crippen molar-refractivity contribution in [1.29, 1.82) is 0 Å². The smallest absolute Gasteiger partial charge is 0.325 e. The second-order valence-electron chi connectivity index (χ2n) is 21.5. The third-order valence-electron chi connectivity index (χ3n) is 15.1. The summed E-state index contributed by atoms with van der Waals surface area (Å²) in [6.45, 7) is 2.49. The van der Waals surface area contributed by atoms with E-state index in [-0.39, 0.29) is 99.2 Å². The molecule has 2 aromatic carbocycles. The summed E-state index contributed by atoms with van der Waals surface area (Å²) in [5, 5.41) is 34.3. The summed E-state index contributed by atoms with van der Waals surface area (Å²) in [5.41, 5.74) is 5.13. The van der Waals surface area contributed by atoms with Crippen LogP contribution in [0.3, 0.4) is 0 Å². The van der Waals surface area contributed by atoms with Crippen molar-refractivity contribution >= 4 is 161 Å². The van der Waals surface area contributed by atoms with Gasteiger partial charge in [-0.15, -0.1) is 12.4 Å². The van der Waals surface area contributed by atoms with E-state index in [9.17, 15) is 28.8 Å². The van der Waals surface area contributed by atoms with Crippen LogP contribution in [0.5, 0.6) is 0 Å². The molecule has 0 bridgehead atoms. The predicted molar refractivity (Wildman–Crippen MR) is 349 cm³/mol. The first-order chi connectivity index (χ1) is 41.1. The van der Waals surface area contributed by atoms with Crippen molar-refractivity contribution in [3.05, 3.63) is 107 Å². The summed E-state index contributed by atoms with van der Waals surface area (Å²) in [6, 6.07) is 12.0.